The predicted octanol–water partition coefficient (Wildman–Crippen LogP) is 1.47. The van der Waals surface area contributed by atoms with E-state index in [0.717, 1.165) is 19.4 Å². The van der Waals surface area contributed by atoms with Crippen LogP contribution in [0.15, 0.2) is 0 Å². The number of rotatable bonds is 6. The quantitative estimate of drug-likeness (QED) is 0.795. The lowest BCUT2D eigenvalue weighted by molar-refractivity contribution is -0.138. The lowest BCUT2D eigenvalue weighted by atomic mass is 9.91. The van der Waals surface area contributed by atoms with E-state index >= 15 is 0 Å². The minimum absolute atomic E-state index is 0. The van der Waals surface area contributed by atoms with E-state index in [-0.39, 0.29) is 41.8 Å². The van der Waals surface area contributed by atoms with Crippen molar-refractivity contribution in [1.82, 2.24) is 10.2 Å². The second kappa shape index (κ2) is 8.96. The van der Waals surface area contributed by atoms with E-state index < -0.39 is 9.84 Å². The molecule has 1 saturated heterocycles. The van der Waals surface area contributed by atoms with Gasteiger partial charge in [-0.1, -0.05) is 6.92 Å². The SMILES string of the molecule is CCN(C(=O)[C@H]1CCN[C@@H](C)C1)C(C)CS(=O)(=O)CC.Cl. The lowest BCUT2D eigenvalue weighted by Gasteiger charge is -2.34. The fourth-order valence-electron chi connectivity index (χ4n) is 2.85. The van der Waals surface area contributed by atoms with E-state index in [1.165, 1.54) is 0 Å². The third-order valence-corrected chi connectivity index (χ3v) is 5.93. The molecule has 126 valence electrons. The molecule has 0 saturated carbocycles. The zero-order valence-corrected chi connectivity index (χ0v) is 15.1. The molecule has 0 aliphatic carbocycles. The molecule has 1 amide bonds. The largest absolute Gasteiger partial charge is 0.339 e. The number of halogens is 1. The summed E-state index contributed by atoms with van der Waals surface area (Å²) in [6.45, 7) is 8.90. The van der Waals surface area contributed by atoms with Gasteiger partial charge in [0.1, 0.15) is 0 Å². The molecule has 7 heteroatoms. The maximum atomic E-state index is 12.6. The van der Waals surface area contributed by atoms with Gasteiger partial charge in [-0.25, -0.2) is 8.42 Å². The van der Waals surface area contributed by atoms with Gasteiger partial charge >= 0.3 is 0 Å². The maximum absolute atomic E-state index is 12.6. The lowest BCUT2D eigenvalue weighted by Crippen LogP contribution is -2.48. The summed E-state index contributed by atoms with van der Waals surface area (Å²) in [6, 6.07) is 0.105. The predicted molar refractivity (Wildman–Crippen MR) is 88.6 cm³/mol. The van der Waals surface area contributed by atoms with Crippen LogP contribution in [-0.2, 0) is 14.6 Å². The Kier molecular flexibility index (Phi) is 8.81. The van der Waals surface area contributed by atoms with Crippen molar-refractivity contribution in [1.29, 1.82) is 0 Å². The van der Waals surface area contributed by atoms with Crippen LogP contribution in [-0.4, -0.2) is 55.9 Å². The highest BCUT2D eigenvalue weighted by atomic mass is 35.5. The second-order valence-corrected chi connectivity index (χ2v) is 8.15. The number of hydrogen-bond acceptors (Lipinski definition) is 4. The number of piperidine rings is 1. The zero-order valence-electron chi connectivity index (χ0n) is 13.5. The molecule has 0 aromatic heterocycles. The van der Waals surface area contributed by atoms with Crippen molar-refractivity contribution in [2.24, 2.45) is 5.92 Å². The molecule has 0 bridgehead atoms. The van der Waals surface area contributed by atoms with Gasteiger partial charge in [0, 0.05) is 30.3 Å². The molecule has 1 aliphatic rings. The van der Waals surface area contributed by atoms with Gasteiger partial charge in [0.2, 0.25) is 5.91 Å². The molecular formula is C14H29ClN2O3S. The average molecular weight is 341 g/mol. The first-order valence-corrected chi connectivity index (χ1v) is 9.37. The highest BCUT2D eigenvalue weighted by molar-refractivity contribution is 7.91. The van der Waals surface area contributed by atoms with Gasteiger partial charge in [0.05, 0.1) is 5.75 Å². The molecule has 1 fully saturated rings. The minimum Gasteiger partial charge on any atom is -0.339 e. The van der Waals surface area contributed by atoms with Crippen LogP contribution in [0.4, 0.5) is 0 Å². The molecule has 1 heterocycles. The van der Waals surface area contributed by atoms with Crippen LogP contribution in [0.2, 0.25) is 0 Å². The third-order valence-electron chi connectivity index (χ3n) is 4.06. The first-order chi connectivity index (χ1) is 9.30. The Balaban J connectivity index is 0.00000400. The summed E-state index contributed by atoms with van der Waals surface area (Å²) in [5.41, 5.74) is 0. The van der Waals surface area contributed by atoms with Gasteiger partial charge < -0.3 is 10.2 Å². The maximum Gasteiger partial charge on any atom is 0.226 e. The molecule has 3 atom stereocenters. The smallest absolute Gasteiger partial charge is 0.226 e. The minimum atomic E-state index is -3.06. The molecule has 0 aromatic rings. The number of nitrogens with one attached hydrogen (secondary N) is 1. The highest BCUT2D eigenvalue weighted by Gasteiger charge is 2.31. The molecule has 5 nitrogen and oxygen atoms in total. The van der Waals surface area contributed by atoms with Crippen molar-refractivity contribution in [3.8, 4) is 0 Å². The van der Waals surface area contributed by atoms with Crippen LogP contribution in [0.25, 0.3) is 0 Å². The van der Waals surface area contributed by atoms with Crippen molar-refractivity contribution in [2.45, 2.75) is 52.6 Å². The van der Waals surface area contributed by atoms with E-state index in [1.807, 2.05) is 13.8 Å². The topological polar surface area (TPSA) is 66.5 Å². The normalized spacial score (nSPS) is 24.0. The second-order valence-electron chi connectivity index (χ2n) is 5.75. The van der Waals surface area contributed by atoms with Gasteiger partial charge in [-0.3, -0.25) is 4.79 Å². The van der Waals surface area contributed by atoms with Gasteiger partial charge in [0.25, 0.3) is 0 Å². The first-order valence-electron chi connectivity index (χ1n) is 7.55. The number of sulfone groups is 1. The standard InChI is InChI=1S/C14H28N2O3S.ClH/c1-5-16(12(4)10-20(18,19)6-2)14(17)13-7-8-15-11(3)9-13;/h11-13,15H,5-10H2,1-4H3;1H/t11-,12?,13-;/m0./s1. The van der Waals surface area contributed by atoms with Crippen LogP contribution in [0.1, 0.15) is 40.5 Å². The Morgan fingerprint density at radius 2 is 2.00 bits per heavy atom. The Hall–Kier alpha value is -0.330. The average Bonchev–Trinajstić information content (AvgIpc) is 2.38. The summed E-state index contributed by atoms with van der Waals surface area (Å²) in [5, 5.41) is 3.33. The number of amides is 1. The Labute approximate surface area is 135 Å². The van der Waals surface area contributed by atoms with E-state index in [0.29, 0.717) is 12.6 Å². The molecular weight excluding hydrogens is 312 g/mol. The monoisotopic (exact) mass is 340 g/mol. The van der Waals surface area contributed by atoms with Crippen LogP contribution >= 0.6 is 12.4 Å². The van der Waals surface area contributed by atoms with Gasteiger partial charge in [0.15, 0.2) is 9.84 Å². The van der Waals surface area contributed by atoms with E-state index in [4.69, 9.17) is 0 Å². The summed E-state index contributed by atoms with van der Waals surface area (Å²) >= 11 is 0. The Bertz CT molecular complexity index is 428. The number of hydrogen-bond donors (Lipinski definition) is 1. The fraction of sp³-hybridized carbons (Fsp3) is 0.929. The molecule has 1 N–H and O–H groups in total. The first kappa shape index (κ1) is 20.7. The van der Waals surface area contributed by atoms with E-state index in [1.54, 1.807) is 11.8 Å². The van der Waals surface area contributed by atoms with Gasteiger partial charge in [-0.15, -0.1) is 12.4 Å². The molecule has 1 unspecified atom stereocenters. The van der Waals surface area contributed by atoms with Crippen molar-refractivity contribution in [3.63, 3.8) is 0 Å². The van der Waals surface area contributed by atoms with Crippen molar-refractivity contribution >= 4 is 28.2 Å². The van der Waals surface area contributed by atoms with Gasteiger partial charge in [-0.2, -0.15) is 0 Å². The van der Waals surface area contributed by atoms with E-state index in [9.17, 15) is 13.2 Å². The molecule has 21 heavy (non-hydrogen) atoms. The van der Waals surface area contributed by atoms with Crippen molar-refractivity contribution < 1.29 is 13.2 Å². The Morgan fingerprint density at radius 1 is 1.38 bits per heavy atom. The van der Waals surface area contributed by atoms with Gasteiger partial charge in [-0.05, 0) is 40.2 Å². The third kappa shape index (κ3) is 6.12. The van der Waals surface area contributed by atoms with Crippen LogP contribution in [0.3, 0.4) is 0 Å². The van der Waals surface area contributed by atoms with E-state index in [2.05, 4.69) is 12.2 Å². The highest BCUT2D eigenvalue weighted by Crippen LogP contribution is 2.20. The number of carbonyl (C=O) groups is 1. The summed E-state index contributed by atoms with van der Waals surface area (Å²) in [6.07, 6.45) is 1.68. The van der Waals surface area contributed by atoms with Crippen molar-refractivity contribution in [2.75, 3.05) is 24.6 Å². The van der Waals surface area contributed by atoms with Crippen LogP contribution < -0.4 is 5.32 Å². The fourth-order valence-corrected chi connectivity index (χ4v) is 4.00. The number of nitrogens with zero attached hydrogens (tertiary/aromatic N) is 1. The Morgan fingerprint density at radius 3 is 2.48 bits per heavy atom. The molecule has 1 aliphatic heterocycles. The summed E-state index contributed by atoms with van der Waals surface area (Å²) in [5.74, 6) is 0.328. The molecule has 0 spiro atoms. The zero-order chi connectivity index (χ0) is 15.3. The molecule has 0 aromatic carbocycles. The number of carbonyl (C=O) groups excluding carboxylic acids is 1. The van der Waals surface area contributed by atoms with Crippen LogP contribution in [0.5, 0.6) is 0 Å². The molecule has 1 rings (SSSR count). The molecule has 0 radical (unpaired) electrons. The van der Waals surface area contributed by atoms with Crippen LogP contribution in [0, 0.1) is 5.92 Å². The summed E-state index contributed by atoms with van der Waals surface area (Å²) in [4.78, 5) is 14.3. The van der Waals surface area contributed by atoms with Crippen molar-refractivity contribution in [3.05, 3.63) is 0 Å². The summed E-state index contributed by atoms with van der Waals surface area (Å²) in [7, 11) is -3.06. The summed E-state index contributed by atoms with van der Waals surface area (Å²) < 4.78 is 23.5.